The molecule has 2 rings (SSSR count). The highest BCUT2D eigenvalue weighted by atomic mass is 79.9. The lowest BCUT2D eigenvalue weighted by Crippen LogP contribution is -2.22. The van der Waals surface area contributed by atoms with E-state index in [1.807, 2.05) is 18.7 Å². The molecule has 4 heteroatoms. The van der Waals surface area contributed by atoms with E-state index < -0.39 is 0 Å². The molecule has 1 aliphatic carbocycles. The third-order valence-electron chi connectivity index (χ3n) is 3.84. The summed E-state index contributed by atoms with van der Waals surface area (Å²) in [6.45, 7) is 2.01. The van der Waals surface area contributed by atoms with Crippen LogP contribution in [0, 0.1) is 12.8 Å². The minimum atomic E-state index is -0.139. The highest BCUT2D eigenvalue weighted by Crippen LogP contribution is 2.30. The zero-order chi connectivity index (χ0) is 12.4. The van der Waals surface area contributed by atoms with Crippen molar-refractivity contribution in [3.8, 4) is 0 Å². The molecule has 0 amide bonds. The maximum Gasteiger partial charge on any atom is 0.0738 e. The first-order valence-corrected chi connectivity index (χ1v) is 7.25. The average Bonchev–Trinajstić information content (AvgIpc) is 2.45. The number of hydrogen-bond acceptors (Lipinski definition) is 2. The highest BCUT2D eigenvalue weighted by molar-refractivity contribution is 9.10. The quantitative estimate of drug-likeness (QED) is 0.853. The molecule has 0 aliphatic heterocycles. The van der Waals surface area contributed by atoms with Gasteiger partial charge in [0.15, 0.2) is 0 Å². The van der Waals surface area contributed by atoms with Crippen molar-refractivity contribution in [2.75, 3.05) is 0 Å². The summed E-state index contributed by atoms with van der Waals surface area (Å²) in [5.74, 6) is 0.392. The van der Waals surface area contributed by atoms with Crippen LogP contribution < -0.4 is 0 Å². The Balaban J connectivity index is 2.13. The third-order valence-corrected chi connectivity index (χ3v) is 4.87. The molecule has 1 saturated carbocycles. The van der Waals surface area contributed by atoms with Crippen LogP contribution in [0.2, 0.25) is 0 Å². The SMILES string of the molecule is Cc1nn(C)c(CC2CCCCCC2O)c1Br. The summed E-state index contributed by atoms with van der Waals surface area (Å²) in [5.41, 5.74) is 2.25. The van der Waals surface area contributed by atoms with Gasteiger partial charge < -0.3 is 5.11 Å². The zero-order valence-electron chi connectivity index (χ0n) is 10.6. The van der Waals surface area contributed by atoms with Gasteiger partial charge in [-0.05, 0) is 48.0 Å². The van der Waals surface area contributed by atoms with E-state index in [1.165, 1.54) is 25.0 Å². The van der Waals surface area contributed by atoms with Crippen LogP contribution in [0.25, 0.3) is 0 Å². The first-order valence-electron chi connectivity index (χ1n) is 6.45. The lowest BCUT2D eigenvalue weighted by Gasteiger charge is -2.20. The molecule has 17 heavy (non-hydrogen) atoms. The van der Waals surface area contributed by atoms with Crippen molar-refractivity contribution in [2.24, 2.45) is 13.0 Å². The van der Waals surface area contributed by atoms with Gasteiger partial charge in [-0.3, -0.25) is 4.68 Å². The van der Waals surface area contributed by atoms with Crippen LogP contribution >= 0.6 is 15.9 Å². The monoisotopic (exact) mass is 300 g/mol. The standard InChI is InChI=1S/C13H21BrN2O/c1-9-13(14)11(16(2)15-9)8-10-6-4-3-5-7-12(10)17/h10,12,17H,3-8H2,1-2H3. The fourth-order valence-corrected chi connectivity index (χ4v) is 3.25. The number of aryl methyl sites for hydroxylation is 2. The smallest absolute Gasteiger partial charge is 0.0738 e. The molecule has 1 aromatic rings. The molecule has 1 aromatic heterocycles. The summed E-state index contributed by atoms with van der Waals surface area (Å²) in [7, 11) is 1.98. The summed E-state index contributed by atoms with van der Waals surface area (Å²) in [6, 6.07) is 0. The normalized spacial score (nSPS) is 25.9. The topological polar surface area (TPSA) is 38.0 Å². The molecule has 96 valence electrons. The van der Waals surface area contributed by atoms with Crippen LogP contribution in [0.4, 0.5) is 0 Å². The number of halogens is 1. The Morgan fingerprint density at radius 3 is 2.71 bits per heavy atom. The second-order valence-electron chi connectivity index (χ2n) is 5.14. The molecule has 0 saturated heterocycles. The van der Waals surface area contributed by atoms with E-state index in [9.17, 15) is 5.11 Å². The Hall–Kier alpha value is -0.350. The lowest BCUT2D eigenvalue weighted by molar-refractivity contribution is 0.0995. The molecule has 1 fully saturated rings. The van der Waals surface area contributed by atoms with E-state index in [4.69, 9.17) is 0 Å². The van der Waals surface area contributed by atoms with E-state index in [0.717, 1.165) is 29.4 Å². The van der Waals surface area contributed by atoms with Crippen molar-refractivity contribution in [1.29, 1.82) is 0 Å². The average molecular weight is 301 g/mol. The Morgan fingerprint density at radius 1 is 1.35 bits per heavy atom. The predicted molar refractivity (Wildman–Crippen MR) is 71.9 cm³/mol. The van der Waals surface area contributed by atoms with Crippen molar-refractivity contribution in [3.63, 3.8) is 0 Å². The van der Waals surface area contributed by atoms with Gasteiger partial charge in [0.1, 0.15) is 0 Å². The van der Waals surface area contributed by atoms with Gasteiger partial charge in [-0.25, -0.2) is 0 Å². The Morgan fingerprint density at radius 2 is 2.06 bits per heavy atom. The zero-order valence-corrected chi connectivity index (χ0v) is 12.2. The van der Waals surface area contributed by atoms with Crippen molar-refractivity contribution >= 4 is 15.9 Å². The Labute approximate surface area is 111 Å². The molecule has 1 heterocycles. The van der Waals surface area contributed by atoms with Crippen LogP contribution in [0.5, 0.6) is 0 Å². The molecular formula is C13H21BrN2O. The molecule has 2 unspecified atom stereocenters. The van der Waals surface area contributed by atoms with Crippen LogP contribution in [0.1, 0.15) is 43.5 Å². The molecule has 0 bridgehead atoms. The fraction of sp³-hybridized carbons (Fsp3) is 0.769. The van der Waals surface area contributed by atoms with Crippen molar-refractivity contribution in [3.05, 3.63) is 15.9 Å². The van der Waals surface area contributed by atoms with Crippen LogP contribution in [-0.2, 0) is 13.5 Å². The van der Waals surface area contributed by atoms with Gasteiger partial charge in [-0.15, -0.1) is 0 Å². The largest absolute Gasteiger partial charge is 0.393 e. The molecule has 1 aliphatic rings. The molecule has 3 nitrogen and oxygen atoms in total. The van der Waals surface area contributed by atoms with Crippen LogP contribution in [0.3, 0.4) is 0 Å². The number of hydrogen-bond donors (Lipinski definition) is 1. The number of aliphatic hydroxyl groups is 1. The molecular weight excluding hydrogens is 280 g/mol. The molecule has 0 spiro atoms. The lowest BCUT2D eigenvalue weighted by atomic mass is 9.92. The number of aliphatic hydroxyl groups excluding tert-OH is 1. The summed E-state index contributed by atoms with van der Waals surface area (Å²) in [6.07, 6.45) is 6.56. The molecule has 0 radical (unpaired) electrons. The van der Waals surface area contributed by atoms with Gasteiger partial charge in [0.05, 0.1) is 22.0 Å². The molecule has 1 N–H and O–H groups in total. The second-order valence-corrected chi connectivity index (χ2v) is 5.93. The summed E-state index contributed by atoms with van der Waals surface area (Å²) in [5, 5.41) is 14.6. The fourth-order valence-electron chi connectivity index (χ4n) is 2.75. The highest BCUT2D eigenvalue weighted by Gasteiger charge is 2.24. The van der Waals surface area contributed by atoms with E-state index in [-0.39, 0.29) is 6.10 Å². The Bertz CT molecular complexity index is 389. The first kappa shape index (κ1) is 13.1. The van der Waals surface area contributed by atoms with Gasteiger partial charge >= 0.3 is 0 Å². The maximum absolute atomic E-state index is 10.2. The van der Waals surface area contributed by atoms with Gasteiger partial charge in [0.25, 0.3) is 0 Å². The van der Waals surface area contributed by atoms with E-state index in [2.05, 4.69) is 21.0 Å². The summed E-state index contributed by atoms with van der Waals surface area (Å²) in [4.78, 5) is 0. The minimum absolute atomic E-state index is 0.139. The third kappa shape index (κ3) is 2.91. The molecule has 2 atom stereocenters. The first-order chi connectivity index (χ1) is 8.09. The van der Waals surface area contributed by atoms with Crippen molar-refractivity contribution in [2.45, 2.75) is 51.6 Å². The van der Waals surface area contributed by atoms with Gasteiger partial charge in [-0.2, -0.15) is 5.10 Å². The molecule has 0 aromatic carbocycles. The number of aromatic nitrogens is 2. The van der Waals surface area contributed by atoms with E-state index in [1.54, 1.807) is 0 Å². The summed E-state index contributed by atoms with van der Waals surface area (Å²) < 4.78 is 3.05. The van der Waals surface area contributed by atoms with Crippen molar-refractivity contribution in [1.82, 2.24) is 9.78 Å². The predicted octanol–water partition coefficient (Wildman–Crippen LogP) is 2.97. The maximum atomic E-state index is 10.2. The summed E-state index contributed by atoms with van der Waals surface area (Å²) >= 11 is 3.60. The van der Waals surface area contributed by atoms with E-state index >= 15 is 0 Å². The van der Waals surface area contributed by atoms with Crippen molar-refractivity contribution < 1.29 is 5.11 Å². The number of nitrogens with zero attached hydrogens (tertiary/aromatic N) is 2. The van der Waals surface area contributed by atoms with E-state index in [0.29, 0.717) is 5.92 Å². The second kappa shape index (κ2) is 5.53. The minimum Gasteiger partial charge on any atom is -0.393 e. The Kier molecular flexibility index (Phi) is 4.26. The van der Waals surface area contributed by atoms with Crippen LogP contribution in [0.15, 0.2) is 4.47 Å². The van der Waals surface area contributed by atoms with Crippen LogP contribution in [-0.4, -0.2) is 21.0 Å². The number of rotatable bonds is 2. The van der Waals surface area contributed by atoms with Gasteiger partial charge in [0.2, 0.25) is 0 Å². The van der Waals surface area contributed by atoms with Gasteiger partial charge in [-0.1, -0.05) is 19.3 Å². The van der Waals surface area contributed by atoms with Gasteiger partial charge in [0, 0.05) is 7.05 Å².